The van der Waals surface area contributed by atoms with Crippen LogP contribution < -0.4 is 10.2 Å². The molecule has 8 nitrogen and oxygen atoms in total. The Morgan fingerprint density at radius 1 is 0.933 bits per heavy atom. The van der Waals surface area contributed by atoms with E-state index < -0.39 is 22.6 Å². The fourth-order valence-electron chi connectivity index (χ4n) is 3.10. The normalized spacial score (nSPS) is 12.6. The van der Waals surface area contributed by atoms with Gasteiger partial charge in [0.2, 0.25) is 0 Å². The van der Waals surface area contributed by atoms with Gasteiger partial charge >= 0.3 is 0 Å². The summed E-state index contributed by atoms with van der Waals surface area (Å²) >= 11 is 3.20. The number of non-ortho nitro benzene ring substituents is 1. The zero-order chi connectivity index (χ0) is 21.4. The first-order valence-corrected chi connectivity index (χ1v) is 9.49. The molecule has 0 fully saturated rings. The molecule has 0 atom stereocenters. The van der Waals surface area contributed by atoms with Crippen molar-refractivity contribution in [2.45, 2.75) is 0 Å². The van der Waals surface area contributed by atoms with Gasteiger partial charge in [-0.05, 0) is 58.4 Å². The Morgan fingerprint density at radius 3 is 2.07 bits per heavy atom. The van der Waals surface area contributed by atoms with Crippen LogP contribution in [-0.2, 0) is 0 Å². The summed E-state index contributed by atoms with van der Waals surface area (Å²) in [7, 11) is 0. The first-order chi connectivity index (χ1) is 14.4. The summed E-state index contributed by atoms with van der Waals surface area (Å²) in [5.74, 6) is -1.27. The average molecular weight is 466 g/mol. The summed E-state index contributed by atoms with van der Waals surface area (Å²) in [4.78, 5) is 49.0. The minimum atomic E-state index is -0.533. The molecule has 1 aliphatic rings. The number of carbonyl (C=O) groups excluding carboxylic acids is 3. The number of fused-ring (bicyclic) bond motifs is 1. The Labute approximate surface area is 178 Å². The molecule has 0 aromatic heterocycles. The van der Waals surface area contributed by atoms with E-state index in [2.05, 4.69) is 21.2 Å². The van der Waals surface area contributed by atoms with Crippen LogP contribution in [0.25, 0.3) is 0 Å². The molecule has 0 bridgehead atoms. The molecule has 3 amide bonds. The molecule has 1 aliphatic heterocycles. The quantitative estimate of drug-likeness (QED) is 0.348. The number of nitro groups is 1. The van der Waals surface area contributed by atoms with E-state index in [4.69, 9.17) is 0 Å². The van der Waals surface area contributed by atoms with Gasteiger partial charge in [0.1, 0.15) is 0 Å². The topological polar surface area (TPSA) is 110 Å². The fraction of sp³-hybridized carbons (Fsp3) is 0. The molecular weight excluding hydrogens is 454 g/mol. The summed E-state index contributed by atoms with van der Waals surface area (Å²) < 4.78 is 0.368. The zero-order valence-corrected chi connectivity index (χ0v) is 16.8. The van der Waals surface area contributed by atoms with Crippen molar-refractivity contribution in [2.24, 2.45) is 0 Å². The van der Waals surface area contributed by atoms with Crippen LogP contribution in [0.4, 0.5) is 17.1 Å². The van der Waals surface area contributed by atoms with Crippen LogP contribution in [0.5, 0.6) is 0 Å². The van der Waals surface area contributed by atoms with Crippen molar-refractivity contribution in [3.63, 3.8) is 0 Å². The summed E-state index contributed by atoms with van der Waals surface area (Å²) in [6.45, 7) is 0. The lowest BCUT2D eigenvalue weighted by Crippen LogP contribution is -2.29. The molecule has 3 aromatic carbocycles. The van der Waals surface area contributed by atoms with E-state index in [0.29, 0.717) is 32.5 Å². The maximum atomic E-state index is 12.6. The molecule has 0 spiro atoms. The monoisotopic (exact) mass is 465 g/mol. The van der Waals surface area contributed by atoms with E-state index in [9.17, 15) is 24.5 Å². The highest BCUT2D eigenvalue weighted by atomic mass is 79.9. The van der Waals surface area contributed by atoms with E-state index in [-0.39, 0.29) is 5.69 Å². The van der Waals surface area contributed by atoms with Gasteiger partial charge in [-0.3, -0.25) is 24.5 Å². The van der Waals surface area contributed by atoms with Gasteiger partial charge in [0.15, 0.2) is 0 Å². The van der Waals surface area contributed by atoms with Gasteiger partial charge in [-0.2, -0.15) is 0 Å². The van der Waals surface area contributed by atoms with Crippen molar-refractivity contribution in [1.82, 2.24) is 0 Å². The van der Waals surface area contributed by atoms with Crippen molar-refractivity contribution in [3.05, 3.63) is 98.0 Å². The number of halogens is 1. The van der Waals surface area contributed by atoms with Gasteiger partial charge in [-0.1, -0.05) is 12.1 Å². The van der Waals surface area contributed by atoms with E-state index in [1.165, 1.54) is 42.5 Å². The van der Waals surface area contributed by atoms with Crippen molar-refractivity contribution in [2.75, 3.05) is 10.2 Å². The molecular formula is C21H12BrN3O5. The van der Waals surface area contributed by atoms with E-state index in [0.717, 1.165) is 4.90 Å². The third kappa shape index (κ3) is 3.35. The van der Waals surface area contributed by atoms with Gasteiger partial charge in [-0.25, -0.2) is 4.90 Å². The SMILES string of the molecule is O=C(Nc1ccc([N+](=O)[O-])cc1Br)c1ccc(N2C(=O)c3ccccc3C2=O)cc1. The summed E-state index contributed by atoms with van der Waals surface area (Å²) in [5.41, 5.74) is 1.59. The molecule has 0 saturated carbocycles. The third-order valence-corrected chi connectivity index (χ3v) is 5.25. The maximum Gasteiger partial charge on any atom is 0.270 e. The van der Waals surface area contributed by atoms with Crippen molar-refractivity contribution in [3.8, 4) is 0 Å². The molecule has 1 N–H and O–H groups in total. The van der Waals surface area contributed by atoms with Crippen molar-refractivity contribution < 1.29 is 19.3 Å². The Kier molecular flexibility index (Phi) is 4.88. The van der Waals surface area contributed by atoms with Gasteiger partial charge in [0, 0.05) is 22.2 Å². The number of hydrogen-bond donors (Lipinski definition) is 1. The zero-order valence-electron chi connectivity index (χ0n) is 15.2. The first-order valence-electron chi connectivity index (χ1n) is 8.70. The number of carbonyl (C=O) groups is 3. The second-order valence-electron chi connectivity index (χ2n) is 6.41. The maximum absolute atomic E-state index is 12.6. The molecule has 30 heavy (non-hydrogen) atoms. The largest absolute Gasteiger partial charge is 0.321 e. The number of nitrogens with one attached hydrogen (secondary N) is 1. The van der Waals surface area contributed by atoms with E-state index in [1.54, 1.807) is 24.3 Å². The molecule has 0 aliphatic carbocycles. The molecule has 9 heteroatoms. The van der Waals surface area contributed by atoms with Crippen LogP contribution >= 0.6 is 15.9 Å². The Morgan fingerprint density at radius 2 is 1.53 bits per heavy atom. The number of nitrogens with zero attached hydrogens (tertiary/aromatic N) is 2. The average Bonchev–Trinajstić information content (AvgIpc) is 3.00. The fourth-order valence-corrected chi connectivity index (χ4v) is 3.56. The molecule has 148 valence electrons. The minimum absolute atomic E-state index is 0.106. The van der Waals surface area contributed by atoms with Crippen LogP contribution in [0.2, 0.25) is 0 Å². The number of anilines is 2. The Balaban J connectivity index is 1.53. The van der Waals surface area contributed by atoms with Crippen LogP contribution in [0, 0.1) is 10.1 Å². The number of amides is 3. The number of rotatable bonds is 4. The van der Waals surface area contributed by atoms with Crippen LogP contribution in [0.3, 0.4) is 0 Å². The first kappa shape index (κ1) is 19.5. The lowest BCUT2D eigenvalue weighted by Gasteiger charge is -2.14. The van der Waals surface area contributed by atoms with Crippen LogP contribution in [0.15, 0.2) is 71.2 Å². The highest BCUT2D eigenvalue weighted by molar-refractivity contribution is 9.10. The third-order valence-electron chi connectivity index (χ3n) is 4.59. The van der Waals surface area contributed by atoms with Crippen LogP contribution in [-0.4, -0.2) is 22.6 Å². The second-order valence-corrected chi connectivity index (χ2v) is 7.27. The number of nitro benzene ring substituents is 1. The Hall–Kier alpha value is -3.85. The molecule has 0 unspecified atom stereocenters. The summed E-state index contributed by atoms with van der Waals surface area (Å²) in [5, 5.41) is 13.5. The highest BCUT2D eigenvalue weighted by Gasteiger charge is 2.36. The van der Waals surface area contributed by atoms with Gasteiger partial charge in [0.05, 0.1) is 27.4 Å². The molecule has 0 radical (unpaired) electrons. The lowest BCUT2D eigenvalue weighted by atomic mass is 10.1. The second kappa shape index (κ2) is 7.53. The van der Waals surface area contributed by atoms with Crippen molar-refractivity contribution in [1.29, 1.82) is 0 Å². The van der Waals surface area contributed by atoms with Gasteiger partial charge < -0.3 is 5.32 Å². The predicted octanol–water partition coefficient (Wildman–Crippen LogP) is 4.41. The number of benzene rings is 3. The van der Waals surface area contributed by atoms with Crippen molar-refractivity contribution >= 4 is 50.7 Å². The lowest BCUT2D eigenvalue weighted by molar-refractivity contribution is -0.384. The minimum Gasteiger partial charge on any atom is -0.321 e. The number of imide groups is 1. The van der Waals surface area contributed by atoms with E-state index >= 15 is 0 Å². The molecule has 4 rings (SSSR count). The summed E-state index contributed by atoms with van der Waals surface area (Å²) in [6, 6.07) is 16.6. The molecule has 3 aromatic rings. The van der Waals surface area contributed by atoms with Gasteiger partial charge in [-0.15, -0.1) is 0 Å². The standard InChI is InChI=1S/C21H12BrN3O5/c22-17-11-14(25(29)30)9-10-18(17)23-19(26)12-5-7-13(8-6-12)24-20(27)15-3-1-2-4-16(15)21(24)28/h1-11H,(H,23,26). The highest BCUT2D eigenvalue weighted by Crippen LogP contribution is 2.30. The van der Waals surface area contributed by atoms with Gasteiger partial charge in [0.25, 0.3) is 23.4 Å². The number of hydrogen-bond acceptors (Lipinski definition) is 5. The predicted molar refractivity (Wildman–Crippen MR) is 113 cm³/mol. The van der Waals surface area contributed by atoms with E-state index in [1.807, 2.05) is 0 Å². The molecule has 1 heterocycles. The Bertz CT molecular complexity index is 1190. The molecule has 0 saturated heterocycles. The van der Waals surface area contributed by atoms with Crippen LogP contribution in [0.1, 0.15) is 31.1 Å². The smallest absolute Gasteiger partial charge is 0.270 e. The summed E-state index contributed by atoms with van der Waals surface area (Å²) in [6.07, 6.45) is 0.